The largest absolute Gasteiger partial charge is 0.378 e. The fraction of sp³-hybridized carbons (Fsp3) is 0.444. The van der Waals surface area contributed by atoms with Crippen LogP contribution in [-0.4, -0.2) is 41.1 Å². The van der Waals surface area contributed by atoms with Gasteiger partial charge in [-0.1, -0.05) is 0 Å². The van der Waals surface area contributed by atoms with Crippen LogP contribution < -0.4 is 10.2 Å². The van der Waals surface area contributed by atoms with Crippen LogP contribution in [-0.2, 0) is 20.9 Å². The highest BCUT2D eigenvalue weighted by Gasteiger charge is 2.52. The molecule has 0 saturated heterocycles. The summed E-state index contributed by atoms with van der Waals surface area (Å²) >= 11 is 0. The number of halogens is 2. The van der Waals surface area contributed by atoms with Crippen LogP contribution in [0.4, 0.5) is 26.1 Å². The Labute approximate surface area is 154 Å². The van der Waals surface area contributed by atoms with E-state index in [1.54, 1.807) is 18.3 Å². The minimum absolute atomic E-state index is 0.0166. The molecule has 1 aliphatic heterocycles. The van der Waals surface area contributed by atoms with E-state index < -0.39 is 18.4 Å². The second-order valence-electron chi connectivity index (χ2n) is 7.01. The van der Waals surface area contributed by atoms with E-state index in [-0.39, 0.29) is 11.3 Å². The van der Waals surface area contributed by atoms with Gasteiger partial charge in [0, 0.05) is 50.0 Å². The van der Waals surface area contributed by atoms with Crippen molar-refractivity contribution in [3.8, 4) is 0 Å². The number of hydrogen-bond acceptors (Lipinski definition) is 6. The molecule has 2 aliphatic rings. The molecular formula is C18H19F2N5O2. The maximum Gasteiger partial charge on any atom is 0.329 e. The molecule has 2 aromatic heterocycles. The summed E-state index contributed by atoms with van der Waals surface area (Å²) < 4.78 is 32.9. The predicted molar refractivity (Wildman–Crippen MR) is 94.3 cm³/mol. The van der Waals surface area contributed by atoms with E-state index in [9.17, 15) is 13.6 Å². The molecular weight excluding hydrogens is 356 g/mol. The van der Waals surface area contributed by atoms with Crippen molar-refractivity contribution < 1.29 is 18.3 Å². The zero-order valence-corrected chi connectivity index (χ0v) is 15.0. The van der Waals surface area contributed by atoms with Crippen molar-refractivity contribution in [3.63, 3.8) is 0 Å². The SMILES string of the molecule is COCC(F)(F)c1nccc(N2CC3(CC3)c3cnc(NC(C)=O)cc32)n1. The predicted octanol–water partition coefficient (Wildman–Crippen LogP) is 2.75. The molecule has 27 heavy (non-hydrogen) atoms. The lowest BCUT2D eigenvalue weighted by atomic mass is 10.0. The number of methoxy groups -OCH3 is 1. The number of nitrogens with zero attached hydrogens (tertiary/aromatic N) is 4. The monoisotopic (exact) mass is 375 g/mol. The smallest absolute Gasteiger partial charge is 0.329 e. The van der Waals surface area contributed by atoms with Gasteiger partial charge in [0.15, 0.2) is 0 Å². The van der Waals surface area contributed by atoms with Crippen molar-refractivity contribution in [3.05, 3.63) is 35.9 Å². The summed E-state index contributed by atoms with van der Waals surface area (Å²) in [7, 11) is 1.21. The Morgan fingerprint density at radius 1 is 1.41 bits per heavy atom. The lowest BCUT2D eigenvalue weighted by Gasteiger charge is -2.21. The molecule has 1 N–H and O–H groups in total. The standard InChI is InChI=1S/C18H19F2N5O2/c1-11(26)23-14-7-13-12(8-22-14)17(4-5-17)9-25(13)15-3-6-21-16(24-15)18(19,20)10-27-2/h3,6-8H,4-5,9-10H2,1-2H3,(H,22,23,26). The molecule has 1 amide bonds. The van der Waals surface area contributed by atoms with Gasteiger partial charge in [-0.3, -0.25) is 4.79 Å². The highest BCUT2D eigenvalue weighted by Crippen LogP contribution is 2.58. The number of rotatable bonds is 5. The molecule has 3 heterocycles. The lowest BCUT2D eigenvalue weighted by molar-refractivity contribution is -0.114. The topological polar surface area (TPSA) is 80.2 Å². The third-order valence-corrected chi connectivity index (χ3v) is 4.93. The molecule has 0 aromatic carbocycles. The number of pyridine rings is 1. The quantitative estimate of drug-likeness (QED) is 0.866. The van der Waals surface area contributed by atoms with E-state index in [4.69, 9.17) is 0 Å². The Morgan fingerprint density at radius 2 is 2.19 bits per heavy atom. The van der Waals surface area contributed by atoms with Crippen LogP contribution in [0.15, 0.2) is 24.5 Å². The summed E-state index contributed by atoms with van der Waals surface area (Å²) in [6, 6.07) is 3.37. The normalized spacial score (nSPS) is 17.1. The third kappa shape index (κ3) is 3.12. The van der Waals surface area contributed by atoms with E-state index in [0.717, 1.165) is 24.1 Å². The Kier molecular flexibility index (Phi) is 4.06. The second kappa shape index (κ2) is 6.19. The zero-order chi connectivity index (χ0) is 19.2. The number of aromatic nitrogens is 3. The van der Waals surface area contributed by atoms with Gasteiger partial charge in [-0.15, -0.1) is 0 Å². The molecule has 0 bridgehead atoms. The van der Waals surface area contributed by atoms with Crippen molar-refractivity contribution in [2.75, 3.05) is 30.5 Å². The number of hydrogen-bond donors (Lipinski definition) is 1. The van der Waals surface area contributed by atoms with E-state index in [1.807, 2.05) is 4.90 Å². The fourth-order valence-electron chi connectivity index (χ4n) is 3.50. The highest BCUT2D eigenvalue weighted by molar-refractivity contribution is 5.89. The molecule has 0 atom stereocenters. The summed E-state index contributed by atoms with van der Waals surface area (Å²) in [5.74, 6) is -3.26. The average molecular weight is 375 g/mol. The first-order valence-corrected chi connectivity index (χ1v) is 8.61. The Bertz CT molecular complexity index is 901. The molecule has 9 heteroatoms. The molecule has 2 aromatic rings. The van der Waals surface area contributed by atoms with E-state index in [2.05, 4.69) is 25.0 Å². The first-order chi connectivity index (χ1) is 12.8. The van der Waals surface area contributed by atoms with Crippen molar-refractivity contribution in [2.24, 2.45) is 0 Å². The molecule has 7 nitrogen and oxygen atoms in total. The molecule has 142 valence electrons. The van der Waals surface area contributed by atoms with Crippen LogP contribution in [0.3, 0.4) is 0 Å². The fourth-order valence-corrected chi connectivity index (χ4v) is 3.50. The number of fused-ring (bicyclic) bond motifs is 2. The Morgan fingerprint density at radius 3 is 2.85 bits per heavy atom. The van der Waals surface area contributed by atoms with E-state index in [1.165, 1.54) is 20.2 Å². The van der Waals surface area contributed by atoms with E-state index in [0.29, 0.717) is 18.2 Å². The summed E-state index contributed by atoms with van der Waals surface area (Å²) in [6.45, 7) is 1.26. The van der Waals surface area contributed by atoms with Gasteiger partial charge in [0.25, 0.3) is 0 Å². The summed E-state index contributed by atoms with van der Waals surface area (Å²) in [5, 5.41) is 2.66. The van der Waals surface area contributed by atoms with Crippen LogP contribution in [0, 0.1) is 0 Å². The third-order valence-electron chi connectivity index (χ3n) is 4.93. The van der Waals surface area contributed by atoms with E-state index >= 15 is 0 Å². The number of amides is 1. The molecule has 4 rings (SSSR count). The number of ether oxygens (including phenoxy) is 1. The van der Waals surface area contributed by atoms with Crippen LogP contribution >= 0.6 is 0 Å². The first kappa shape index (κ1) is 17.7. The van der Waals surface area contributed by atoms with Crippen LogP contribution in [0.1, 0.15) is 31.2 Å². The molecule has 0 unspecified atom stereocenters. The number of nitrogens with one attached hydrogen (secondary N) is 1. The first-order valence-electron chi connectivity index (χ1n) is 8.61. The lowest BCUT2D eigenvalue weighted by Crippen LogP contribution is -2.26. The van der Waals surface area contributed by atoms with Gasteiger partial charge in [-0.2, -0.15) is 8.78 Å². The molecule has 0 radical (unpaired) electrons. The summed E-state index contributed by atoms with van der Waals surface area (Å²) in [4.78, 5) is 25.4. The number of carbonyl (C=O) groups is 1. The Balaban J connectivity index is 1.73. The number of alkyl halides is 2. The van der Waals surface area contributed by atoms with Crippen LogP contribution in [0.25, 0.3) is 0 Å². The van der Waals surface area contributed by atoms with Gasteiger partial charge in [0.1, 0.15) is 18.2 Å². The minimum atomic E-state index is -3.27. The van der Waals surface area contributed by atoms with Gasteiger partial charge in [-0.25, -0.2) is 15.0 Å². The summed E-state index contributed by atoms with van der Waals surface area (Å²) in [5.41, 5.74) is 1.86. The van der Waals surface area contributed by atoms with Gasteiger partial charge >= 0.3 is 5.92 Å². The molecule has 1 spiro atoms. The van der Waals surface area contributed by atoms with Crippen molar-refractivity contribution in [1.29, 1.82) is 0 Å². The highest BCUT2D eigenvalue weighted by atomic mass is 19.3. The van der Waals surface area contributed by atoms with Crippen LogP contribution in [0.2, 0.25) is 0 Å². The van der Waals surface area contributed by atoms with Gasteiger partial charge < -0.3 is 15.0 Å². The maximum atomic E-state index is 14.2. The van der Waals surface area contributed by atoms with Gasteiger partial charge in [0.05, 0.1) is 5.69 Å². The molecule has 1 saturated carbocycles. The average Bonchev–Trinajstić information content (AvgIpc) is 3.32. The zero-order valence-electron chi connectivity index (χ0n) is 15.0. The second-order valence-corrected chi connectivity index (χ2v) is 7.01. The number of anilines is 3. The van der Waals surface area contributed by atoms with Crippen LogP contribution in [0.5, 0.6) is 0 Å². The molecule has 1 fully saturated rings. The molecule has 1 aliphatic carbocycles. The maximum absolute atomic E-state index is 14.2. The Hall–Kier alpha value is -2.68. The van der Waals surface area contributed by atoms with Gasteiger partial charge in [-0.05, 0) is 18.9 Å². The summed E-state index contributed by atoms with van der Waals surface area (Å²) in [6.07, 6.45) is 5.11. The van der Waals surface area contributed by atoms with Gasteiger partial charge in [0.2, 0.25) is 11.7 Å². The van der Waals surface area contributed by atoms with Crippen molar-refractivity contribution in [2.45, 2.75) is 31.1 Å². The van der Waals surface area contributed by atoms with Crippen molar-refractivity contribution >= 4 is 23.2 Å². The van der Waals surface area contributed by atoms with Crippen molar-refractivity contribution in [1.82, 2.24) is 15.0 Å². The number of carbonyl (C=O) groups excluding carboxylic acids is 1. The minimum Gasteiger partial charge on any atom is -0.378 e.